The Labute approximate surface area is 88.7 Å². The summed E-state index contributed by atoms with van der Waals surface area (Å²) >= 11 is 3.32. The van der Waals surface area contributed by atoms with Crippen molar-refractivity contribution in [3.63, 3.8) is 0 Å². The monoisotopic (exact) mass is 253 g/mol. The van der Waals surface area contributed by atoms with Gasteiger partial charge in [-0.15, -0.1) is 0 Å². The second-order valence-electron chi connectivity index (χ2n) is 2.90. The molecule has 2 aromatic rings. The van der Waals surface area contributed by atoms with E-state index in [-0.39, 0.29) is 12.0 Å². The fourth-order valence-electron chi connectivity index (χ4n) is 1.29. The summed E-state index contributed by atoms with van der Waals surface area (Å²) in [7, 11) is 0. The van der Waals surface area contributed by atoms with Crippen LogP contribution in [-0.4, -0.2) is 0 Å². The quantitative estimate of drug-likeness (QED) is 0.846. The number of fused-ring (bicyclic) bond motifs is 1. The zero-order chi connectivity index (χ0) is 10.1. The largest absolute Gasteiger partial charge is 0.458 e. The van der Waals surface area contributed by atoms with Gasteiger partial charge in [0.15, 0.2) is 11.0 Å². The van der Waals surface area contributed by atoms with E-state index in [1.165, 1.54) is 6.07 Å². The van der Waals surface area contributed by atoms with Crippen LogP contribution in [0.15, 0.2) is 37.9 Å². The smallest absolute Gasteiger partial charge is 0.193 e. The van der Waals surface area contributed by atoms with Crippen molar-refractivity contribution in [2.45, 2.75) is 6.54 Å². The number of hydrogen-bond donors (Lipinski definition) is 1. The predicted molar refractivity (Wildman–Crippen MR) is 58.1 cm³/mol. The molecule has 0 aliphatic carbocycles. The van der Waals surface area contributed by atoms with Crippen LogP contribution in [0.3, 0.4) is 0 Å². The average Bonchev–Trinajstić information content (AvgIpc) is 2.19. The van der Waals surface area contributed by atoms with Gasteiger partial charge in [-0.2, -0.15) is 0 Å². The van der Waals surface area contributed by atoms with E-state index in [4.69, 9.17) is 10.2 Å². The molecule has 14 heavy (non-hydrogen) atoms. The SMILES string of the molecule is NCc1cc(=O)c2cccc(Br)c2o1. The lowest BCUT2D eigenvalue weighted by atomic mass is 10.2. The Bertz CT molecular complexity index is 533. The van der Waals surface area contributed by atoms with E-state index in [0.29, 0.717) is 16.7 Å². The predicted octanol–water partition coefficient (Wildman–Crippen LogP) is 2.01. The van der Waals surface area contributed by atoms with Crippen LogP contribution in [0.25, 0.3) is 11.0 Å². The molecule has 4 heteroatoms. The number of benzene rings is 1. The fraction of sp³-hybridized carbons (Fsp3) is 0.100. The summed E-state index contributed by atoms with van der Waals surface area (Å²) in [6, 6.07) is 6.78. The molecule has 0 saturated carbocycles. The van der Waals surface area contributed by atoms with Gasteiger partial charge in [0.1, 0.15) is 5.76 Å². The lowest BCUT2D eigenvalue weighted by Gasteiger charge is -2.01. The highest BCUT2D eigenvalue weighted by atomic mass is 79.9. The minimum Gasteiger partial charge on any atom is -0.458 e. The van der Waals surface area contributed by atoms with Gasteiger partial charge in [0.25, 0.3) is 0 Å². The van der Waals surface area contributed by atoms with Crippen molar-refractivity contribution in [2.75, 3.05) is 0 Å². The maximum absolute atomic E-state index is 11.6. The summed E-state index contributed by atoms with van der Waals surface area (Å²) in [5.41, 5.74) is 5.91. The minimum absolute atomic E-state index is 0.0620. The first-order valence-electron chi connectivity index (χ1n) is 4.13. The third kappa shape index (κ3) is 1.47. The van der Waals surface area contributed by atoms with E-state index >= 15 is 0 Å². The van der Waals surface area contributed by atoms with Crippen LogP contribution in [0.4, 0.5) is 0 Å². The normalized spacial score (nSPS) is 10.7. The molecule has 0 radical (unpaired) electrons. The van der Waals surface area contributed by atoms with Crippen molar-refractivity contribution in [1.29, 1.82) is 0 Å². The van der Waals surface area contributed by atoms with Gasteiger partial charge >= 0.3 is 0 Å². The Morgan fingerprint density at radius 2 is 2.21 bits per heavy atom. The average molecular weight is 254 g/mol. The van der Waals surface area contributed by atoms with Crippen LogP contribution < -0.4 is 11.2 Å². The molecule has 0 aliphatic heterocycles. The molecule has 0 spiro atoms. The third-order valence-electron chi connectivity index (χ3n) is 1.96. The number of para-hydroxylation sites is 1. The van der Waals surface area contributed by atoms with Gasteiger partial charge in [-0.25, -0.2) is 0 Å². The van der Waals surface area contributed by atoms with Crippen molar-refractivity contribution in [1.82, 2.24) is 0 Å². The standard InChI is InChI=1S/C10H8BrNO2/c11-8-3-1-2-7-9(13)4-6(5-12)14-10(7)8/h1-4H,5,12H2. The summed E-state index contributed by atoms with van der Waals surface area (Å²) < 4.78 is 6.22. The molecule has 0 saturated heterocycles. The molecule has 1 aromatic carbocycles. The van der Waals surface area contributed by atoms with Gasteiger partial charge in [-0.1, -0.05) is 6.07 Å². The number of halogens is 1. The Balaban J connectivity index is 2.91. The topological polar surface area (TPSA) is 56.2 Å². The van der Waals surface area contributed by atoms with Crippen LogP contribution in [0.2, 0.25) is 0 Å². The number of nitrogens with two attached hydrogens (primary N) is 1. The molecule has 1 heterocycles. The lowest BCUT2D eigenvalue weighted by Crippen LogP contribution is -2.05. The molecule has 0 amide bonds. The van der Waals surface area contributed by atoms with Crippen molar-refractivity contribution < 1.29 is 4.42 Å². The van der Waals surface area contributed by atoms with E-state index in [0.717, 1.165) is 4.47 Å². The van der Waals surface area contributed by atoms with E-state index in [1.807, 2.05) is 6.07 Å². The zero-order valence-corrected chi connectivity index (χ0v) is 8.87. The Kier molecular flexibility index (Phi) is 2.39. The van der Waals surface area contributed by atoms with Crippen LogP contribution in [0.1, 0.15) is 5.76 Å². The first-order chi connectivity index (χ1) is 6.72. The van der Waals surface area contributed by atoms with E-state index < -0.39 is 0 Å². The molecular formula is C10H8BrNO2. The summed E-state index contributed by atoms with van der Waals surface area (Å²) in [5, 5.41) is 0.566. The van der Waals surface area contributed by atoms with Gasteiger partial charge < -0.3 is 10.2 Å². The van der Waals surface area contributed by atoms with Crippen molar-refractivity contribution >= 4 is 26.9 Å². The van der Waals surface area contributed by atoms with Crippen LogP contribution in [0, 0.1) is 0 Å². The highest BCUT2D eigenvalue weighted by Crippen LogP contribution is 2.22. The molecule has 1 aromatic heterocycles. The first kappa shape index (κ1) is 9.43. The van der Waals surface area contributed by atoms with Gasteiger partial charge in [0, 0.05) is 6.07 Å². The molecule has 0 atom stereocenters. The van der Waals surface area contributed by atoms with Crippen molar-refractivity contribution in [3.05, 3.63) is 44.7 Å². The highest BCUT2D eigenvalue weighted by Gasteiger charge is 2.05. The minimum atomic E-state index is -0.0620. The highest BCUT2D eigenvalue weighted by molar-refractivity contribution is 9.10. The van der Waals surface area contributed by atoms with Gasteiger partial charge in [-0.05, 0) is 28.1 Å². The molecule has 0 bridgehead atoms. The summed E-state index contributed by atoms with van der Waals surface area (Å²) in [6.45, 7) is 0.229. The molecule has 3 nitrogen and oxygen atoms in total. The van der Waals surface area contributed by atoms with Crippen molar-refractivity contribution in [2.24, 2.45) is 5.73 Å². The van der Waals surface area contributed by atoms with E-state index in [1.54, 1.807) is 12.1 Å². The molecule has 2 N–H and O–H groups in total. The Morgan fingerprint density at radius 1 is 1.43 bits per heavy atom. The van der Waals surface area contributed by atoms with Gasteiger partial charge in [0.2, 0.25) is 0 Å². The molecule has 0 aliphatic rings. The summed E-state index contributed by atoms with van der Waals surface area (Å²) in [5.74, 6) is 0.495. The third-order valence-corrected chi connectivity index (χ3v) is 2.58. The molecule has 0 fully saturated rings. The molecule has 72 valence electrons. The van der Waals surface area contributed by atoms with Crippen molar-refractivity contribution in [3.8, 4) is 0 Å². The molecule has 0 unspecified atom stereocenters. The van der Waals surface area contributed by atoms with Gasteiger partial charge in [-0.3, -0.25) is 4.79 Å². The van der Waals surface area contributed by atoms with Crippen LogP contribution >= 0.6 is 15.9 Å². The second-order valence-corrected chi connectivity index (χ2v) is 3.75. The summed E-state index contributed by atoms with van der Waals surface area (Å²) in [6.07, 6.45) is 0. The Hall–Kier alpha value is -1.13. The number of rotatable bonds is 1. The first-order valence-corrected chi connectivity index (χ1v) is 4.93. The van der Waals surface area contributed by atoms with E-state index in [9.17, 15) is 4.79 Å². The lowest BCUT2D eigenvalue weighted by molar-refractivity contribution is 0.537. The van der Waals surface area contributed by atoms with Crippen LogP contribution in [-0.2, 0) is 6.54 Å². The zero-order valence-electron chi connectivity index (χ0n) is 7.29. The maximum atomic E-state index is 11.6. The molecule has 2 rings (SSSR count). The fourth-order valence-corrected chi connectivity index (χ4v) is 1.74. The van der Waals surface area contributed by atoms with E-state index in [2.05, 4.69) is 15.9 Å². The van der Waals surface area contributed by atoms with Crippen LogP contribution in [0.5, 0.6) is 0 Å². The second kappa shape index (κ2) is 3.55. The summed E-state index contributed by atoms with van der Waals surface area (Å²) in [4.78, 5) is 11.6. The Morgan fingerprint density at radius 3 is 2.93 bits per heavy atom. The maximum Gasteiger partial charge on any atom is 0.193 e. The molecular weight excluding hydrogens is 246 g/mol. The van der Waals surface area contributed by atoms with Gasteiger partial charge in [0.05, 0.1) is 16.4 Å². The number of hydrogen-bond acceptors (Lipinski definition) is 3.